The lowest BCUT2D eigenvalue weighted by atomic mass is 10.1. The molecule has 0 bridgehead atoms. The SMILES string of the molecule is O=C(CC1CCCO1)Nc1cccc(Cn2nc3ccccn3c2=O)c1. The van der Waals surface area contributed by atoms with Gasteiger partial charge in [-0.3, -0.25) is 9.20 Å². The fourth-order valence-corrected chi connectivity index (χ4v) is 3.22. The molecule has 26 heavy (non-hydrogen) atoms. The Bertz CT molecular complexity index is 986. The van der Waals surface area contributed by atoms with Crippen LogP contribution in [0.1, 0.15) is 24.8 Å². The van der Waals surface area contributed by atoms with Gasteiger partial charge in [-0.15, -0.1) is 5.10 Å². The summed E-state index contributed by atoms with van der Waals surface area (Å²) in [6.45, 7) is 1.08. The van der Waals surface area contributed by atoms with Crippen LogP contribution in [0, 0.1) is 0 Å². The molecule has 0 saturated carbocycles. The zero-order valence-electron chi connectivity index (χ0n) is 14.3. The summed E-state index contributed by atoms with van der Waals surface area (Å²) in [6, 6.07) is 12.9. The highest BCUT2D eigenvalue weighted by Crippen LogP contribution is 2.17. The summed E-state index contributed by atoms with van der Waals surface area (Å²) in [5, 5.41) is 7.23. The minimum Gasteiger partial charge on any atom is -0.378 e. The molecule has 0 spiro atoms. The number of carbonyl (C=O) groups is 1. The van der Waals surface area contributed by atoms with Crippen molar-refractivity contribution in [2.45, 2.75) is 31.9 Å². The molecule has 1 aliphatic rings. The fraction of sp³-hybridized carbons (Fsp3) is 0.316. The Hall–Kier alpha value is -2.93. The van der Waals surface area contributed by atoms with Crippen LogP contribution in [-0.2, 0) is 16.1 Å². The quantitative estimate of drug-likeness (QED) is 0.762. The van der Waals surface area contributed by atoms with Gasteiger partial charge in [-0.2, -0.15) is 0 Å². The molecule has 1 aromatic carbocycles. The number of hydrogen-bond donors (Lipinski definition) is 1. The predicted octanol–water partition coefficient (Wildman–Crippen LogP) is 2.05. The second-order valence-corrected chi connectivity index (χ2v) is 6.46. The Morgan fingerprint density at radius 3 is 3.00 bits per heavy atom. The van der Waals surface area contributed by atoms with Crippen molar-refractivity contribution < 1.29 is 9.53 Å². The van der Waals surface area contributed by atoms with Gasteiger partial charge >= 0.3 is 5.69 Å². The van der Waals surface area contributed by atoms with Crippen LogP contribution in [0.3, 0.4) is 0 Å². The van der Waals surface area contributed by atoms with E-state index in [4.69, 9.17) is 4.74 Å². The molecular formula is C19H20N4O3. The third-order valence-electron chi connectivity index (χ3n) is 4.47. The van der Waals surface area contributed by atoms with Crippen LogP contribution < -0.4 is 11.0 Å². The third kappa shape index (κ3) is 3.52. The molecule has 3 heterocycles. The van der Waals surface area contributed by atoms with Crippen molar-refractivity contribution in [3.05, 3.63) is 64.7 Å². The number of nitrogens with one attached hydrogen (secondary N) is 1. The average Bonchev–Trinajstić information content (AvgIpc) is 3.24. The number of amides is 1. The van der Waals surface area contributed by atoms with Gasteiger partial charge in [0.25, 0.3) is 0 Å². The molecule has 1 aliphatic heterocycles. The van der Waals surface area contributed by atoms with Crippen LogP contribution in [0.5, 0.6) is 0 Å². The second-order valence-electron chi connectivity index (χ2n) is 6.46. The number of hydrogen-bond acceptors (Lipinski definition) is 4. The summed E-state index contributed by atoms with van der Waals surface area (Å²) in [4.78, 5) is 24.5. The Balaban J connectivity index is 1.47. The number of fused-ring (bicyclic) bond motifs is 1. The van der Waals surface area contributed by atoms with Crippen LogP contribution >= 0.6 is 0 Å². The number of aromatic nitrogens is 3. The molecule has 4 rings (SSSR count). The minimum absolute atomic E-state index is 0.0229. The summed E-state index contributed by atoms with van der Waals surface area (Å²) in [7, 11) is 0. The molecule has 7 heteroatoms. The summed E-state index contributed by atoms with van der Waals surface area (Å²) in [5.74, 6) is -0.0565. The van der Waals surface area contributed by atoms with Crippen LogP contribution in [0.15, 0.2) is 53.5 Å². The van der Waals surface area contributed by atoms with E-state index in [1.54, 1.807) is 18.3 Å². The number of benzene rings is 1. The first-order valence-electron chi connectivity index (χ1n) is 8.74. The molecule has 1 saturated heterocycles. The largest absolute Gasteiger partial charge is 0.378 e. The summed E-state index contributed by atoms with van der Waals surface area (Å²) >= 11 is 0. The van der Waals surface area contributed by atoms with E-state index in [0.29, 0.717) is 24.3 Å². The highest BCUT2D eigenvalue weighted by molar-refractivity contribution is 5.91. The molecule has 1 unspecified atom stereocenters. The zero-order chi connectivity index (χ0) is 17.9. The number of rotatable bonds is 5. The summed E-state index contributed by atoms with van der Waals surface area (Å²) in [6.07, 6.45) is 4.04. The van der Waals surface area contributed by atoms with Crippen LogP contribution in [0.25, 0.3) is 5.65 Å². The maximum atomic E-state index is 12.4. The molecule has 134 valence electrons. The number of nitrogens with zero attached hydrogens (tertiary/aromatic N) is 3. The van der Waals surface area contributed by atoms with Gasteiger partial charge in [0.05, 0.1) is 19.1 Å². The molecule has 7 nitrogen and oxygen atoms in total. The lowest BCUT2D eigenvalue weighted by molar-refractivity contribution is -0.118. The van der Waals surface area contributed by atoms with Gasteiger partial charge in [-0.25, -0.2) is 9.48 Å². The van der Waals surface area contributed by atoms with Gasteiger partial charge in [0, 0.05) is 18.5 Å². The Morgan fingerprint density at radius 2 is 2.19 bits per heavy atom. The Morgan fingerprint density at radius 1 is 1.27 bits per heavy atom. The molecule has 0 radical (unpaired) electrons. The lowest BCUT2D eigenvalue weighted by Gasteiger charge is -2.10. The topological polar surface area (TPSA) is 77.6 Å². The average molecular weight is 352 g/mol. The summed E-state index contributed by atoms with van der Waals surface area (Å²) in [5.41, 5.74) is 2.03. The lowest BCUT2D eigenvalue weighted by Crippen LogP contribution is -2.22. The van der Waals surface area contributed by atoms with Crippen molar-refractivity contribution in [2.75, 3.05) is 11.9 Å². The predicted molar refractivity (Wildman–Crippen MR) is 97.2 cm³/mol. The van der Waals surface area contributed by atoms with Crippen molar-refractivity contribution in [1.29, 1.82) is 0 Å². The first-order chi connectivity index (χ1) is 12.7. The van der Waals surface area contributed by atoms with E-state index < -0.39 is 0 Å². The van der Waals surface area contributed by atoms with Crippen molar-refractivity contribution in [2.24, 2.45) is 0 Å². The number of pyridine rings is 1. The van der Waals surface area contributed by atoms with Gasteiger partial charge in [-0.05, 0) is 42.7 Å². The minimum atomic E-state index is -0.187. The normalized spacial score (nSPS) is 16.8. The van der Waals surface area contributed by atoms with Crippen molar-refractivity contribution >= 4 is 17.2 Å². The molecule has 1 fully saturated rings. The highest BCUT2D eigenvalue weighted by atomic mass is 16.5. The van der Waals surface area contributed by atoms with Gasteiger partial charge in [-0.1, -0.05) is 18.2 Å². The maximum absolute atomic E-state index is 12.4. The molecule has 0 aliphatic carbocycles. The third-order valence-corrected chi connectivity index (χ3v) is 4.47. The molecule has 3 aromatic rings. The molecule has 1 N–H and O–H groups in total. The van der Waals surface area contributed by atoms with Gasteiger partial charge in [0.2, 0.25) is 5.91 Å². The van der Waals surface area contributed by atoms with E-state index in [1.165, 1.54) is 9.08 Å². The Labute approximate surface area is 150 Å². The molecule has 2 aromatic heterocycles. The van der Waals surface area contributed by atoms with Gasteiger partial charge in [0.15, 0.2) is 5.65 Å². The van der Waals surface area contributed by atoms with E-state index in [0.717, 1.165) is 25.0 Å². The first kappa shape index (κ1) is 16.5. The van der Waals surface area contributed by atoms with Gasteiger partial charge < -0.3 is 10.1 Å². The first-order valence-corrected chi connectivity index (χ1v) is 8.74. The molecular weight excluding hydrogens is 332 g/mol. The standard InChI is InChI=1S/C19H20N4O3/c24-18(12-16-7-4-10-26-16)20-15-6-3-5-14(11-15)13-23-19(25)22-9-2-1-8-17(22)21-23/h1-3,5-6,8-9,11,16H,4,7,10,12-13H2,(H,20,24). The van der Waals surface area contributed by atoms with Crippen molar-refractivity contribution in [3.63, 3.8) is 0 Å². The van der Waals surface area contributed by atoms with Crippen LogP contribution in [-0.4, -0.2) is 32.8 Å². The fourth-order valence-electron chi connectivity index (χ4n) is 3.22. The van der Waals surface area contributed by atoms with E-state index in [1.807, 2.05) is 30.3 Å². The zero-order valence-corrected chi connectivity index (χ0v) is 14.3. The van der Waals surface area contributed by atoms with E-state index in [9.17, 15) is 9.59 Å². The number of ether oxygens (including phenoxy) is 1. The molecule has 1 amide bonds. The van der Waals surface area contributed by atoms with Crippen molar-refractivity contribution in [1.82, 2.24) is 14.2 Å². The van der Waals surface area contributed by atoms with E-state index in [-0.39, 0.29) is 17.7 Å². The highest BCUT2D eigenvalue weighted by Gasteiger charge is 2.19. The Kier molecular flexibility index (Phi) is 4.53. The number of carbonyl (C=O) groups excluding carboxylic acids is 1. The van der Waals surface area contributed by atoms with Crippen molar-refractivity contribution in [3.8, 4) is 0 Å². The maximum Gasteiger partial charge on any atom is 0.350 e. The smallest absolute Gasteiger partial charge is 0.350 e. The molecule has 1 atom stereocenters. The van der Waals surface area contributed by atoms with Crippen LogP contribution in [0.4, 0.5) is 5.69 Å². The summed E-state index contributed by atoms with van der Waals surface area (Å²) < 4.78 is 8.42. The monoisotopic (exact) mass is 352 g/mol. The van der Waals surface area contributed by atoms with Crippen LogP contribution in [0.2, 0.25) is 0 Å². The van der Waals surface area contributed by atoms with Gasteiger partial charge in [0.1, 0.15) is 0 Å². The number of anilines is 1. The second kappa shape index (κ2) is 7.13. The van der Waals surface area contributed by atoms with E-state index in [2.05, 4.69) is 10.4 Å². The van der Waals surface area contributed by atoms with E-state index >= 15 is 0 Å².